The average molecular weight is 177 g/mol. The number of hydrogen-bond acceptors (Lipinski definition) is 2. The molecule has 1 rings (SSSR count). The fourth-order valence-corrected chi connectivity index (χ4v) is 0.873. The summed E-state index contributed by atoms with van der Waals surface area (Å²) in [6, 6.07) is 9.74. The van der Waals surface area contributed by atoms with Crippen LogP contribution < -0.4 is 5.46 Å². The number of hydrogen-bond donors (Lipinski definition) is 1. The summed E-state index contributed by atoms with van der Waals surface area (Å²) >= 11 is 0. The van der Waals surface area contributed by atoms with E-state index in [4.69, 9.17) is 4.65 Å². The lowest BCUT2D eigenvalue weighted by atomic mass is 9.88. The highest BCUT2D eigenvalue weighted by molar-refractivity contribution is 6.46. The highest BCUT2D eigenvalue weighted by atomic mass is 16.4. The minimum Gasteiger partial charge on any atom is -0.431 e. The van der Waals surface area contributed by atoms with Crippen molar-refractivity contribution in [3.63, 3.8) is 0 Å². The van der Waals surface area contributed by atoms with Crippen LogP contribution in [0.25, 0.3) is 0 Å². The monoisotopic (exact) mass is 177 g/mol. The Balaban J connectivity index is 2.29. The molecule has 0 fully saturated rings. The molecule has 0 aliphatic heterocycles. The Hall–Kier alpha value is -0.795. The van der Waals surface area contributed by atoms with E-state index >= 15 is 0 Å². The van der Waals surface area contributed by atoms with Crippen molar-refractivity contribution in [1.29, 1.82) is 0 Å². The van der Waals surface area contributed by atoms with Gasteiger partial charge in [0.1, 0.15) is 0 Å². The summed E-state index contributed by atoms with van der Waals surface area (Å²) in [7, 11) is 1.65. The van der Waals surface area contributed by atoms with Gasteiger partial charge < -0.3 is 9.76 Å². The Labute approximate surface area is 79.8 Å². The van der Waals surface area contributed by atoms with Crippen molar-refractivity contribution >= 4 is 12.9 Å². The molecule has 0 saturated carbocycles. The SMILES string of the molecule is CC(C)(O)CO[B]c1ccccc1. The molecule has 3 heteroatoms. The molecule has 1 radical (unpaired) electrons. The van der Waals surface area contributed by atoms with Crippen LogP contribution in [-0.4, -0.2) is 24.8 Å². The van der Waals surface area contributed by atoms with Crippen LogP contribution in [-0.2, 0) is 4.65 Å². The first-order valence-corrected chi connectivity index (χ1v) is 4.30. The zero-order valence-electron chi connectivity index (χ0n) is 8.03. The van der Waals surface area contributed by atoms with Crippen molar-refractivity contribution in [2.75, 3.05) is 6.61 Å². The predicted molar refractivity (Wildman–Crippen MR) is 54.1 cm³/mol. The van der Waals surface area contributed by atoms with Gasteiger partial charge in [-0.3, -0.25) is 0 Å². The Morgan fingerprint density at radius 3 is 2.46 bits per heavy atom. The molecular weight excluding hydrogens is 163 g/mol. The third-order valence-corrected chi connectivity index (χ3v) is 1.46. The first-order chi connectivity index (χ1) is 6.08. The summed E-state index contributed by atoms with van der Waals surface area (Å²) < 4.78 is 5.21. The van der Waals surface area contributed by atoms with Crippen LogP contribution in [0.3, 0.4) is 0 Å². The van der Waals surface area contributed by atoms with Crippen molar-refractivity contribution < 1.29 is 9.76 Å². The second-order valence-corrected chi connectivity index (χ2v) is 3.65. The van der Waals surface area contributed by atoms with Gasteiger partial charge in [0.2, 0.25) is 0 Å². The van der Waals surface area contributed by atoms with Gasteiger partial charge in [-0.15, -0.1) is 0 Å². The Morgan fingerprint density at radius 2 is 1.92 bits per heavy atom. The third kappa shape index (κ3) is 4.71. The topological polar surface area (TPSA) is 29.5 Å². The maximum absolute atomic E-state index is 9.35. The van der Waals surface area contributed by atoms with E-state index in [1.165, 1.54) is 0 Å². The molecule has 1 N–H and O–H groups in total. The molecule has 0 heterocycles. The second-order valence-electron chi connectivity index (χ2n) is 3.65. The van der Waals surface area contributed by atoms with Gasteiger partial charge in [-0.2, -0.15) is 0 Å². The minimum atomic E-state index is -0.773. The quantitative estimate of drug-likeness (QED) is 0.686. The van der Waals surface area contributed by atoms with Crippen LogP contribution in [0, 0.1) is 0 Å². The van der Waals surface area contributed by atoms with Gasteiger partial charge in [0.25, 0.3) is 0 Å². The molecule has 0 bridgehead atoms. The molecule has 0 saturated heterocycles. The fraction of sp³-hybridized carbons (Fsp3) is 0.400. The van der Waals surface area contributed by atoms with Crippen LogP contribution in [0.1, 0.15) is 13.8 Å². The van der Waals surface area contributed by atoms with E-state index in [0.29, 0.717) is 6.61 Å². The zero-order chi connectivity index (χ0) is 9.73. The van der Waals surface area contributed by atoms with Crippen LogP contribution >= 0.6 is 0 Å². The smallest absolute Gasteiger partial charge is 0.330 e. The summed E-state index contributed by atoms with van der Waals surface area (Å²) in [5, 5.41) is 9.35. The first kappa shape index (κ1) is 10.3. The van der Waals surface area contributed by atoms with Crippen molar-refractivity contribution in [2.24, 2.45) is 0 Å². The lowest BCUT2D eigenvalue weighted by molar-refractivity contribution is 0.0304. The van der Waals surface area contributed by atoms with E-state index in [-0.39, 0.29) is 0 Å². The van der Waals surface area contributed by atoms with Gasteiger partial charge in [-0.05, 0) is 13.8 Å². The molecule has 0 aliphatic carbocycles. The zero-order valence-corrected chi connectivity index (χ0v) is 8.03. The summed E-state index contributed by atoms with van der Waals surface area (Å²) in [4.78, 5) is 0. The fourth-order valence-electron chi connectivity index (χ4n) is 0.873. The van der Waals surface area contributed by atoms with E-state index in [1.807, 2.05) is 30.3 Å². The van der Waals surface area contributed by atoms with E-state index in [9.17, 15) is 5.11 Å². The van der Waals surface area contributed by atoms with Gasteiger partial charge >= 0.3 is 7.48 Å². The number of benzene rings is 1. The summed E-state index contributed by atoms with van der Waals surface area (Å²) in [6.07, 6.45) is 0. The van der Waals surface area contributed by atoms with Crippen LogP contribution in [0.15, 0.2) is 30.3 Å². The molecule has 1 aromatic carbocycles. The number of aliphatic hydroxyl groups is 1. The molecule has 0 unspecified atom stereocenters. The van der Waals surface area contributed by atoms with Gasteiger partial charge in [-0.25, -0.2) is 0 Å². The maximum atomic E-state index is 9.35. The summed E-state index contributed by atoms with van der Waals surface area (Å²) in [5.74, 6) is 0. The van der Waals surface area contributed by atoms with Crippen molar-refractivity contribution in [3.05, 3.63) is 30.3 Å². The van der Waals surface area contributed by atoms with Crippen LogP contribution in [0.4, 0.5) is 0 Å². The maximum Gasteiger partial charge on any atom is 0.330 e. The van der Waals surface area contributed by atoms with E-state index in [0.717, 1.165) is 5.46 Å². The summed E-state index contributed by atoms with van der Waals surface area (Å²) in [5.41, 5.74) is 0.234. The Morgan fingerprint density at radius 1 is 1.31 bits per heavy atom. The molecule has 69 valence electrons. The molecule has 0 amide bonds. The predicted octanol–water partition coefficient (Wildman–Crippen LogP) is 0.719. The molecule has 0 atom stereocenters. The molecule has 0 aliphatic rings. The first-order valence-electron chi connectivity index (χ1n) is 4.30. The second kappa shape index (κ2) is 4.44. The summed E-state index contributed by atoms with van der Waals surface area (Å²) in [6.45, 7) is 3.74. The van der Waals surface area contributed by atoms with E-state index < -0.39 is 5.60 Å². The minimum absolute atomic E-state index is 0.307. The van der Waals surface area contributed by atoms with Gasteiger partial charge in [0.15, 0.2) is 0 Å². The van der Waals surface area contributed by atoms with E-state index in [1.54, 1.807) is 21.3 Å². The van der Waals surface area contributed by atoms with Crippen LogP contribution in [0.5, 0.6) is 0 Å². The molecule has 0 spiro atoms. The lowest BCUT2D eigenvalue weighted by Gasteiger charge is -2.16. The van der Waals surface area contributed by atoms with Gasteiger partial charge in [-0.1, -0.05) is 35.8 Å². The molecule has 13 heavy (non-hydrogen) atoms. The van der Waals surface area contributed by atoms with Gasteiger partial charge in [0.05, 0.1) is 12.2 Å². The largest absolute Gasteiger partial charge is 0.431 e. The third-order valence-electron chi connectivity index (χ3n) is 1.46. The van der Waals surface area contributed by atoms with Crippen molar-refractivity contribution in [2.45, 2.75) is 19.4 Å². The molecule has 0 aromatic heterocycles. The van der Waals surface area contributed by atoms with Crippen molar-refractivity contribution in [1.82, 2.24) is 0 Å². The molecule has 2 nitrogen and oxygen atoms in total. The van der Waals surface area contributed by atoms with E-state index in [2.05, 4.69) is 0 Å². The normalized spacial score (nSPS) is 11.3. The highest BCUT2D eigenvalue weighted by Gasteiger charge is 2.12. The Bertz CT molecular complexity index is 241. The van der Waals surface area contributed by atoms with Crippen LogP contribution in [0.2, 0.25) is 0 Å². The standard InChI is InChI=1S/C10H14BO2/c1-10(2,12)8-13-11-9-6-4-3-5-7-9/h3-7,12H,8H2,1-2H3. The average Bonchev–Trinajstić information content (AvgIpc) is 2.04. The molecule has 1 aromatic rings. The van der Waals surface area contributed by atoms with Gasteiger partial charge in [0, 0.05) is 0 Å². The highest BCUT2D eigenvalue weighted by Crippen LogP contribution is 1.99. The Kier molecular flexibility index (Phi) is 3.52. The molecular formula is C10H14BO2. The number of rotatable bonds is 4. The van der Waals surface area contributed by atoms with Crippen molar-refractivity contribution in [3.8, 4) is 0 Å². The lowest BCUT2D eigenvalue weighted by Crippen LogP contribution is -2.30.